The van der Waals surface area contributed by atoms with E-state index in [2.05, 4.69) is 10.6 Å². The van der Waals surface area contributed by atoms with Crippen molar-refractivity contribution in [3.05, 3.63) is 47.8 Å². The molecule has 6 nitrogen and oxygen atoms in total. The Hall–Kier alpha value is -2.96. The summed E-state index contributed by atoms with van der Waals surface area (Å²) in [5, 5.41) is 5.39. The number of fused-ring (bicyclic) bond motifs is 1. The van der Waals surface area contributed by atoms with Crippen LogP contribution in [0, 0.1) is 5.82 Å². The van der Waals surface area contributed by atoms with Crippen molar-refractivity contribution in [2.75, 3.05) is 31.1 Å². The van der Waals surface area contributed by atoms with Crippen LogP contribution in [-0.2, 0) is 6.54 Å². The molecule has 2 aromatic carbocycles. The fourth-order valence-corrected chi connectivity index (χ4v) is 2.35. The second kappa shape index (κ2) is 6.66. The lowest BCUT2D eigenvalue weighted by Gasteiger charge is -2.14. The van der Waals surface area contributed by atoms with Gasteiger partial charge in [-0.15, -0.1) is 0 Å². The molecule has 24 heavy (non-hydrogen) atoms. The van der Waals surface area contributed by atoms with Crippen molar-refractivity contribution in [2.45, 2.75) is 6.54 Å². The van der Waals surface area contributed by atoms with E-state index >= 15 is 0 Å². The third-order valence-corrected chi connectivity index (χ3v) is 3.58. The molecular formula is C17H18FN3O3. The quantitative estimate of drug-likeness (QED) is 0.904. The van der Waals surface area contributed by atoms with Gasteiger partial charge in [-0.1, -0.05) is 6.07 Å². The summed E-state index contributed by atoms with van der Waals surface area (Å²) in [6.45, 7) is 0.403. The number of urea groups is 1. The van der Waals surface area contributed by atoms with Gasteiger partial charge in [-0.2, -0.15) is 0 Å². The van der Waals surface area contributed by atoms with Crippen molar-refractivity contribution in [1.29, 1.82) is 0 Å². The standard InChI is InChI=1S/C17H18FN3O3/c1-21(2)14-5-3-11(7-13(14)18)9-19-17(22)20-12-4-6-15-16(8-12)24-10-23-15/h3-8H,9-10H2,1-2H3,(H2,19,20,22). The molecule has 1 aliphatic rings. The van der Waals surface area contributed by atoms with Gasteiger partial charge in [0, 0.05) is 32.4 Å². The Bertz CT molecular complexity index is 765. The van der Waals surface area contributed by atoms with E-state index in [0.29, 0.717) is 28.4 Å². The molecule has 0 fully saturated rings. The number of hydrogen-bond donors (Lipinski definition) is 2. The van der Waals surface area contributed by atoms with Crippen LogP contribution >= 0.6 is 0 Å². The monoisotopic (exact) mass is 331 g/mol. The fraction of sp³-hybridized carbons (Fsp3) is 0.235. The lowest BCUT2D eigenvalue weighted by atomic mass is 10.2. The Morgan fingerprint density at radius 3 is 2.71 bits per heavy atom. The summed E-state index contributed by atoms with van der Waals surface area (Å²) < 4.78 is 24.4. The van der Waals surface area contributed by atoms with Gasteiger partial charge >= 0.3 is 6.03 Å². The van der Waals surface area contributed by atoms with Crippen molar-refractivity contribution in [3.63, 3.8) is 0 Å². The van der Waals surface area contributed by atoms with Crippen LogP contribution in [-0.4, -0.2) is 26.9 Å². The zero-order chi connectivity index (χ0) is 17.1. The van der Waals surface area contributed by atoms with Crippen LogP contribution in [0.3, 0.4) is 0 Å². The zero-order valence-electron chi connectivity index (χ0n) is 13.4. The Morgan fingerprint density at radius 1 is 1.17 bits per heavy atom. The second-order valence-corrected chi connectivity index (χ2v) is 5.56. The number of carbonyl (C=O) groups excluding carboxylic acids is 1. The minimum absolute atomic E-state index is 0.180. The maximum Gasteiger partial charge on any atom is 0.319 e. The zero-order valence-corrected chi connectivity index (χ0v) is 13.4. The first-order valence-electron chi connectivity index (χ1n) is 7.43. The summed E-state index contributed by atoms with van der Waals surface area (Å²) in [4.78, 5) is 13.6. The lowest BCUT2D eigenvalue weighted by molar-refractivity contribution is 0.174. The molecule has 0 bridgehead atoms. The van der Waals surface area contributed by atoms with Crippen LogP contribution in [0.15, 0.2) is 36.4 Å². The number of anilines is 2. The Morgan fingerprint density at radius 2 is 1.96 bits per heavy atom. The first kappa shape index (κ1) is 15.9. The average molecular weight is 331 g/mol. The summed E-state index contributed by atoms with van der Waals surface area (Å²) in [5.41, 5.74) is 1.77. The van der Waals surface area contributed by atoms with Crippen molar-refractivity contribution in [2.24, 2.45) is 0 Å². The Balaban J connectivity index is 1.57. The van der Waals surface area contributed by atoms with Gasteiger partial charge in [0.15, 0.2) is 11.5 Å². The largest absolute Gasteiger partial charge is 0.454 e. The summed E-state index contributed by atoms with van der Waals surface area (Å²) in [6, 6.07) is 9.63. The highest BCUT2D eigenvalue weighted by molar-refractivity contribution is 5.89. The van der Waals surface area contributed by atoms with Gasteiger partial charge < -0.3 is 25.0 Å². The third-order valence-electron chi connectivity index (χ3n) is 3.58. The normalized spacial score (nSPS) is 12.0. The highest BCUT2D eigenvalue weighted by Gasteiger charge is 2.14. The highest BCUT2D eigenvalue weighted by atomic mass is 19.1. The van der Waals surface area contributed by atoms with E-state index in [9.17, 15) is 9.18 Å². The SMILES string of the molecule is CN(C)c1ccc(CNC(=O)Nc2ccc3c(c2)OCO3)cc1F. The van der Waals surface area contributed by atoms with Crippen LogP contribution in [0.1, 0.15) is 5.56 Å². The van der Waals surface area contributed by atoms with E-state index in [1.165, 1.54) is 6.07 Å². The molecule has 7 heteroatoms. The maximum absolute atomic E-state index is 13.9. The topological polar surface area (TPSA) is 62.8 Å². The molecule has 2 N–H and O–H groups in total. The summed E-state index contributed by atoms with van der Waals surface area (Å²) in [5.74, 6) is 0.919. The van der Waals surface area contributed by atoms with Gasteiger partial charge in [0.2, 0.25) is 6.79 Å². The van der Waals surface area contributed by atoms with E-state index in [1.807, 2.05) is 0 Å². The van der Waals surface area contributed by atoms with Crippen molar-refractivity contribution in [1.82, 2.24) is 5.32 Å². The van der Waals surface area contributed by atoms with E-state index in [1.54, 1.807) is 49.3 Å². The van der Waals surface area contributed by atoms with Crippen LogP contribution in [0.25, 0.3) is 0 Å². The highest BCUT2D eigenvalue weighted by Crippen LogP contribution is 2.34. The summed E-state index contributed by atoms with van der Waals surface area (Å²) in [7, 11) is 3.55. The number of nitrogens with one attached hydrogen (secondary N) is 2. The number of hydrogen-bond acceptors (Lipinski definition) is 4. The molecule has 0 radical (unpaired) electrons. The van der Waals surface area contributed by atoms with Crippen LogP contribution in [0.2, 0.25) is 0 Å². The number of amides is 2. The summed E-state index contributed by atoms with van der Waals surface area (Å²) in [6.07, 6.45) is 0. The molecule has 0 atom stereocenters. The van der Waals surface area contributed by atoms with Crippen LogP contribution in [0.4, 0.5) is 20.6 Å². The average Bonchev–Trinajstić information content (AvgIpc) is 3.00. The van der Waals surface area contributed by atoms with E-state index in [-0.39, 0.29) is 25.2 Å². The molecule has 0 unspecified atom stereocenters. The minimum atomic E-state index is -0.383. The fourth-order valence-electron chi connectivity index (χ4n) is 2.35. The number of benzene rings is 2. The predicted molar refractivity (Wildman–Crippen MR) is 89.2 cm³/mol. The van der Waals surface area contributed by atoms with Crippen LogP contribution < -0.4 is 25.0 Å². The van der Waals surface area contributed by atoms with Crippen molar-refractivity contribution < 1.29 is 18.7 Å². The molecule has 0 aromatic heterocycles. The maximum atomic E-state index is 13.9. The van der Waals surface area contributed by atoms with Crippen LogP contribution in [0.5, 0.6) is 11.5 Å². The number of halogens is 1. The number of nitrogens with zero attached hydrogens (tertiary/aromatic N) is 1. The number of ether oxygens (including phenoxy) is 2. The summed E-state index contributed by atoms with van der Waals surface area (Å²) >= 11 is 0. The Kier molecular flexibility index (Phi) is 4.41. The first-order chi connectivity index (χ1) is 11.5. The van der Waals surface area contributed by atoms with E-state index < -0.39 is 0 Å². The van der Waals surface area contributed by atoms with Gasteiger partial charge in [0.1, 0.15) is 5.82 Å². The molecule has 3 rings (SSSR count). The van der Waals surface area contributed by atoms with Gasteiger partial charge in [-0.3, -0.25) is 0 Å². The first-order valence-corrected chi connectivity index (χ1v) is 7.43. The molecule has 1 aliphatic heterocycles. The van der Waals surface area contributed by atoms with E-state index in [0.717, 1.165) is 0 Å². The molecule has 2 aromatic rings. The molecular weight excluding hydrogens is 313 g/mol. The molecule has 0 spiro atoms. The lowest BCUT2D eigenvalue weighted by Crippen LogP contribution is -2.28. The molecule has 0 saturated heterocycles. The van der Waals surface area contributed by atoms with Gasteiger partial charge in [-0.25, -0.2) is 9.18 Å². The number of carbonyl (C=O) groups is 1. The smallest absolute Gasteiger partial charge is 0.319 e. The van der Waals surface area contributed by atoms with Gasteiger partial charge in [0.25, 0.3) is 0 Å². The molecule has 0 aliphatic carbocycles. The third kappa shape index (κ3) is 3.51. The van der Waals surface area contributed by atoms with Gasteiger partial charge in [-0.05, 0) is 29.8 Å². The second-order valence-electron chi connectivity index (χ2n) is 5.56. The minimum Gasteiger partial charge on any atom is -0.454 e. The van der Waals surface area contributed by atoms with Crippen molar-refractivity contribution >= 4 is 17.4 Å². The molecule has 0 saturated carbocycles. The molecule has 126 valence electrons. The Labute approximate surface area is 139 Å². The number of rotatable bonds is 4. The molecule has 2 amide bonds. The predicted octanol–water partition coefficient (Wildman–Crippen LogP) is 2.94. The van der Waals surface area contributed by atoms with E-state index in [4.69, 9.17) is 9.47 Å². The van der Waals surface area contributed by atoms with Gasteiger partial charge in [0.05, 0.1) is 5.69 Å². The van der Waals surface area contributed by atoms with Crippen molar-refractivity contribution in [3.8, 4) is 11.5 Å². The molecule has 1 heterocycles.